The van der Waals surface area contributed by atoms with Crippen LogP contribution in [0.25, 0.3) is 0 Å². The molecule has 0 rings (SSSR count). The predicted octanol–water partition coefficient (Wildman–Crippen LogP) is 2.02. The SMILES string of the molecule is Br.C[Si-](C)C.[CH3-].[Mg+2]. The summed E-state index contributed by atoms with van der Waals surface area (Å²) < 4.78 is 0. The van der Waals surface area contributed by atoms with E-state index < -0.39 is 0 Å². The van der Waals surface area contributed by atoms with Gasteiger partial charge in [-0.3, -0.25) is 8.80 Å². The zero-order chi connectivity index (χ0) is 3.58. The van der Waals surface area contributed by atoms with Crippen molar-refractivity contribution in [1.29, 1.82) is 0 Å². The van der Waals surface area contributed by atoms with Crippen LogP contribution in [0.4, 0.5) is 0 Å². The Balaban J connectivity index is -0.0000000150. The molecule has 0 atom stereocenters. The Labute approximate surface area is 75.6 Å². The molecule has 0 aliphatic carbocycles. The van der Waals surface area contributed by atoms with E-state index >= 15 is 0 Å². The maximum Gasteiger partial charge on any atom is 2.00 e. The minimum atomic E-state index is 0. The molecule has 0 aliphatic rings. The van der Waals surface area contributed by atoms with Crippen LogP contribution in [-0.4, -0.2) is 31.8 Å². The quantitative estimate of drug-likeness (QED) is 0.408. The Morgan fingerprint density at radius 3 is 1.00 bits per heavy atom. The van der Waals surface area contributed by atoms with Gasteiger partial charge in [0, 0.05) is 0 Å². The third kappa shape index (κ3) is 104. The van der Waals surface area contributed by atoms with Gasteiger partial charge >= 0.3 is 23.1 Å². The molecule has 3 heteroatoms. The van der Waals surface area contributed by atoms with Crippen molar-refractivity contribution in [2.45, 2.75) is 19.6 Å². The smallest absolute Gasteiger partial charge is 0.358 e. The van der Waals surface area contributed by atoms with Gasteiger partial charge in [0.1, 0.15) is 0 Å². The number of halogens is 1. The van der Waals surface area contributed by atoms with Gasteiger partial charge in [-0.15, -0.1) is 17.0 Å². The summed E-state index contributed by atoms with van der Waals surface area (Å²) in [5, 5.41) is 0. The Morgan fingerprint density at radius 1 is 1.00 bits per heavy atom. The Kier molecular flexibility index (Phi) is 52.9. The molecule has 0 saturated heterocycles. The molecule has 0 N–H and O–H groups in total. The molecule has 0 unspecified atom stereocenters. The van der Waals surface area contributed by atoms with E-state index in [2.05, 4.69) is 19.6 Å². The largest absolute Gasteiger partial charge is 2.00 e. The van der Waals surface area contributed by atoms with E-state index in [0.717, 1.165) is 0 Å². The van der Waals surface area contributed by atoms with E-state index in [1.807, 2.05) is 0 Å². The molecule has 0 aromatic rings. The summed E-state index contributed by atoms with van der Waals surface area (Å²) in [7, 11) is 0.120. The topological polar surface area (TPSA) is 0 Å². The molecular formula is C4H13BrMgSi. The molecule has 0 saturated carbocycles. The van der Waals surface area contributed by atoms with Crippen LogP contribution in [0.5, 0.6) is 0 Å². The second kappa shape index (κ2) is 15.7. The monoisotopic (exact) mass is 192 g/mol. The first-order valence-electron chi connectivity index (χ1n) is 1.50. The third-order valence-electron chi connectivity index (χ3n) is 0. The van der Waals surface area contributed by atoms with E-state index in [9.17, 15) is 0 Å². The van der Waals surface area contributed by atoms with Gasteiger partial charge in [-0.25, -0.2) is 0 Å². The summed E-state index contributed by atoms with van der Waals surface area (Å²) in [5.41, 5.74) is 0. The van der Waals surface area contributed by atoms with Crippen LogP contribution < -0.4 is 0 Å². The van der Waals surface area contributed by atoms with E-state index in [0.29, 0.717) is 0 Å². The van der Waals surface area contributed by atoms with Crippen molar-refractivity contribution < 1.29 is 0 Å². The van der Waals surface area contributed by atoms with E-state index in [-0.39, 0.29) is 56.3 Å². The van der Waals surface area contributed by atoms with Crippen LogP contribution in [0.1, 0.15) is 0 Å². The van der Waals surface area contributed by atoms with Crippen LogP contribution in [0.3, 0.4) is 0 Å². The van der Waals surface area contributed by atoms with E-state index in [4.69, 9.17) is 0 Å². The Bertz CT molecular complexity index is 16.4. The molecule has 7 heavy (non-hydrogen) atoms. The maximum absolute atomic E-state index is 2.27. The summed E-state index contributed by atoms with van der Waals surface area (Å²) in [5.74, 6) is 0. The van der Waals surface area contributed by atoms with Crippen molar-refractivity contribution >= 4 is 48.8 Å². The standard InChI is InChI=1S/C3H9Si.CH3.BrH.Mg/c1-4(2)3;;;/h1-3H3;1H3;1H;/q2*-1;;+2. The third-order valence-corrected chi connectivity index (χ3v) is 0. The summed E-state index contributed by atoms with van der Waals surface area (Å²) in [6.45, 7) is 6.81. The van der Waals surface area contributed by atoms with E-state index in [1.165, 1.54) is 0 Å². The first-order valence-corrected chi connectivity index (χ1v) is 4.50. The fraction of sp³-hybridized carbons (Fsp3) is 0.750. The van der Waals surface area contributed by atoms with Gasteiger partial charge in [0.25, 0.3) is 0 Å². The van der Waals surface area contributed by atoms with Crippen LogP contribution >= 0.6 is 17.0 Å². The molecule has 0 amide bonds. The summed E-state index contributed by atoms with van der Waals surface area (Å²) in [6.07, 6.45) is 0. The minimum Gasteiger partial charge on any atom is -0.358 e. The first-order chi connectivity index (χ1) is 1.73. The molecule has 0 aromatic heterocycles. The molecule has 0 spiro atoms. The zero-order valence-electron chi connectivity index (χ0n) is 5.62. The minimum absolute atomic E-state index is 0. The number of rotatable bonds is 0. The van der Waals surface area contributed by atoms with Gasteiger partial charge in [-0.05, 0) is 0 Å². The Hall–Kier alpha value is 1.46. The molecule has 42 valence electrons. The average molecular weight is 193 g/mol. The fourth-order valence-electron chi connectivity index (χ4n) is 0. The van der Waals surface area contributed by atoms with Crippen LogP contribution in [0, 0.1) is 7.43 Å². The molecule has 0 radical (unpaired) electrons. The van der Waals surface area contributed by atoms with Gasteiger partial charge in [0.15, 0.2) is 0 Å². The van der Waals surface area contributed by atoms with Gasteiger partial charge in [0.05, 0.1) is 0 Å². The number of hydrogen-bond acceptors (Lipinski definition) is 0. The second-order valence-corrected chi connectivity index (χ2v) is 4.50. The van der Waals surface area contributed by atoms with Gasteiger partial charge in [-0.2, -0.15) is 19.6 Å². The molecule has 0 fully saturated rings. The van der Waals surface area contributed by atoms with Crippen molar-refractivity contribution in [3.63, 3.8) is 0 Å². The molecule has 0 heterocycles. The molecule has 0 aliphatic heterocycles. The molecule has 0 bridgehead atoms. The van der Waals surface area contributed by atoms with Crippen molar-refractivity contribution in [1.82, 2.24) is 0 Å². The van der Waals surface area contributed by atoms with Crippen molar-refractivity contribution in [3.8, 4) is 0 Å². The van der Waals surface area contributed by atoms with Crippen LogP contribution in [0.2, 0.25) is 19.6 Å². The van der Waals surface area contributed by atoms with E-state index in [1.54, 1.807) is 0 Å². The first kappa shape index (κ1) is 23.7. The van der Waals surface area contributed by atoms with Crippen molar-refractivity contribution in [3.05, 3.63) is 7.43 Å². The maximum atomic E-state index is 2.27. The normalized spacial score (nSPS) is 5.14. The van der Waals surface area contributed by atoms with Gasteiger partial charge in [-0.1, -0.05) is 0 Å². The van der Waals surface area contributed by atoms with Crippen LogP contribution in [0.15, 0.2) is 0 Å². The molecule has 0 nitrogen and oxygen atoms in total. The summed E-state index contributed by atoms with van der Waals surface area (Å²) in [4.78, 5) is 0. The van der Waals surface area contributed by atoms with Gasteiger partial charge in [0.2, 0.25) is 0 Å². The average Bonchev–Trinajstić information content (AvgIpc) is 0.811. The fourth-order valence-corrected chi connectivity index (χ4v) is 0. The number of hydrogen-bond donors (Lipinski definition) is 0. The molecule has 0 aromatic carbocycles. The zero-order valence-corrected chi connectivity index (χ0v) is 9.74. The Morgan fingerprint density at radius 2 is 1.00 bits per heavy atom. The predicted molar refractivity (Wildman–Crippen MR) is 45.8 cm³/mol. The van der Waals surface area contributed by atoms with Crippen LogP contribution in [-0.2, 0) is 0 Å². The summed E-state index contributed by atoms with van der Waals surface area (Å²) in [6, 6.07) is 0. The molecular weight excluding hydrogens is 180 g/mol. The van der Waals surface area contributed by atoms with Crippen molar-refractivity contribution in [2.75, 3.05) is 0 Å². The van der Waals surface area contributed by atoms with Gasteiger partial charge < -0.3 is 7.43 Å². The van der Waals surface area contributed by atoms with Crippen molar-refractivity contribution in [2.24, 2.45) is 0 Å². The second-order valence-electron chi connectivity index (χ2n) is 1.50. The summed E-state index contributed by atoms with van der Waals surface area (Å²) >= 11 is 0.